The van der Waals surface area contributed by atoms with Gasteiger partial charge in [0.1, 0.15) is 0 Å². The normalized spacial score (nSPS) is 21.8. The first-order valence-corrected chi connectivity index (χ1v) is 9.35. The van der Waals surface area contributed by atoms with E-state index in [1.54, 1.807) is 18.2 Å². The molecule has 0 spiro atoms. The fourth-order valence-electron chi connectivity index (χ4n) is 3.11. The summed E-state index contributed by atoms with van der Waals surface area (Å²) in [6, 6.07) is 5.28. The van der Waals surface area contributed by atoms with E-state index in [9.17, 15) is 9.59 Å². The van der Waals surface area contributed by atoms with Gasteiger partial charge in [0.2, 0.25) is 5.91 Å². The summed E-state index contributed by atoms with van der Waals surface area (Å²) in [7, 11) is 0. The van der Waals surface area contributed by atoms with Gasteiger partial charge in [-0.05, 0) is 50.7 Å². The minimum atomic E-state index is -0.0864. The van der Waals surface area contributed by atoms with Gasteiger partial charge in [-0.1, -0.05) is 29.3 Å². The summed E-state index contributed by atoms with van der Waals surface area (Å²) in [4.78, 5) is 26.6. The van der Waals surface area contributed by atoms with E-state index in [4.69, 9.17) is 23.2 Å². The van der Waals surface area contributed by atoms with Crippen LogP contribution in [0, 0.1) is 5.92 Å². The molecule has 1 atom stereocenters. The average Bonchev–Trinajstić information content (AvgIpc) is 3.37. The molecule has 4 nitrogen and oxygen atoms in total. The lowest BCUT2D eigenvalue weighted by Gasteiger charge is -2.29. The first-order valence-electron chi connectivity index (χ1n) is 8.60. The van der Waals surface area contributed by atoms with Crippen LogP contribution >= 0.6 is 23.2 Å². The van der Waals surface area contributed by atoms with Crippen LogP contribution < -0.4 is 5.32 Å². The van der Waals surface area contributed by atoms with Crippen molar-refractivity contribution in [3.63, 3.8) is 0 Å². The summed E-state index contributed by atoms with van der Waals surface area (Å²) in [6.07, 6.45) is 5.72. The number of hydrogen-bond acceptors (Lipinski definition) is 2. The van der Waals surface area contributed by atoms with Crippen molar-refractivity contribution in [3.8, 4) is 0 Å². The standard InChI is InChI=1S/C18H22Cl2N2O2/c19-15-6-3-5-14(16(15)20)18(24)22-10-2-1-4-13(9-11-22)21-17(23)12-7-8-12/h3,5-6,12-13H,1-2,4,7-11H2,(H,21,23). The van der Waals surface area contributed by atoms with Gasteiger partial charge >= 0.3 is 0 Å². The summed E-state index contributed by atoms with van der Waals surface area (Å²) >= 11 is 12.2. The molecular weight excluding hydrogens is 347 g/mol. The van der Waals surface area contributed by atoms with Crippen molar-refractivity contribution in [3.05, 3.63) is 33.8 Å². The average molecular weight is 369 g/mol. The molecule has 1 aliphatic carbocycles. The molecule has 1 N–H and O–H groups in total. The molecule has 0 bridgehead atoms. The van der Waals surface area contributed by atoms with Crippen LogP contribution in [0.5, 0.6) is 0 Å². The predicted molar refractivity (Wildman–Crippen MR) is 95.5 cm³/mol. The number of amides is 2. The van der Waals surface area contributed by atoms with Crippen LogP contribution in [0.3, 0.4) is 0 Å². The lowest BCUT2D eigenvalue weighted by atomic mass is 10.0. The van der Waals surface area contributed by atoms with Crippen LogP contribution in [0.15, 0.2) is 18.2 Å². The van der Waals surface area contributed by atoms with Crippen LogP contribution in [0.1, 0.15) is 48.9 Å². The molecule has 1 saturated carbocycles. The molecule has 24 heavy (non-hydrogen) atoms. The highest BCUT2D eigenvalue weighted by atomic mass is 35.5. The van der Waals surface area contributed by atoms with E-state index in [0.717, 1.165) is 38.5 Å². The van der Waals surface area contributed by atoms with Crippen molar-refractivity contribution < 1.29 is 9.59 Å². The van der Waals surface area contributed by atoms with Crippen molar-refractivity contribution in [2.75, 3.05) is 13.1 Å². The van der Waals surface area contributed by atoms with Crippen molar-refractivity contribution in [1.29, 1.82) is 0 Å². The number of carbonyl (C=O) groups is 2. The minimum Gasteiger partial charge on any atom is -0.353 e. The Morgan fingerprint density at radius 2 is 1.83 bits per heavy atom. The fraction of sp³-hybridized carbons (Fsp3) is 0.556. The van der Waals surface area contributed by atoms with Gasteiger partial charge in [-0.2, -0.15) is 0 Å². The van der Waals surface area contributed by atoms with Gasteiger partial charge in [0, 0.05) is 25.0 Å². The zero-order valence-electron chi connectivity index (χ0n) is 13.6. The SMILES string of the molecule is O=C(NC1CCCCN(C(=O)c2cccc(Cl)c2Cl)CC1)C1CC1. The van der Waals surface area contributed by atoms with Crippen molar-refractivity contribution >= 4 is 35.0 Å². The number of hydrogen-bond donors (Lipinski definition) is 1. The first kappa shape index (κ1) is 17.6. The number of halogens is 2. The molecule has 3 rings (SSSR count). The van der Waals surface area contributed by atoms with Crippen LogP contribution in [-0.4, -0.2) is 35.8 Å². The summed E-state index contributed by atoms with van der Waals surface area (Å²) in [5, 5.41) is 3.85. The Balaban J connectivity index is 1.63. The van der Waals surface area contributed by atoms with Gasteiger partial charge in [-0.15, -0.1) is 0 Å². The second kappa shape index (κ2) is 7.75. The van der Waals surface area contributed by atoms with E-state index < -0.39 is 0 Å². The second-order valence-corrected chi connectivity index (χ2v) is 7.44. The van der Waals surface area contributed by atoms with Gasteiger partial charge < -0.3 is 10.2 Å². The van der Waals surface area contributed by atoms with Crippen molar-refractivity contribution in [2.24, 2.45) is 5.92 Å². The van der Waals surface area contributed by atoms with Gasteiger partial charge in [0.15, 0.2) is 0 Å². The molecule has 1 unspecified atom stereocenters. The van der Waals surface area contributed by atoms with Crippen LogP contribution in [0.4, 0.5) is 0 Å². The first-order chi connectivity index (χ1) is 11.6. The Morgan fingerprint density at radius 1 is 1.04 bits per heavy atom. The molecule has 1 aliphatic heterocycles. The fourth-order valence-corrected chi connectivity index (χ4v) is 3.49. The van der Waals surface area contributed by atoms with E-state index in [1.165, 1.54) is 0 Å². The summed E-state index contributed by atoms with van der Waals surface area (Å²) in [5.74, 6) is 0.312. The molecule has 1 aromatic carbocycles. The molecule has 1 saturated heterocycles. The lowest BCUT2D eigenvalue weighted by molar-refractivity contribution is -0.123. The molecule has 130 valence electrons. The largest absolute Gasteiger partial charge is 0.353 e. The number of rotatable bonds is 3. The highest BCUT2D eigenvalue weighted by Crippen LogP contribution is 2.30. The zero-order valence-corrected chi connectivity index (χ0v) is 15.1. The topological polar surface area (TPSA) is 49.4 Å². The van der Waals surface area contributed by atoms with Crippen molar-refractivity contribution in [1.82, 2.24) is 10.2 Å². The van der Waals surface area contributed by atoms with E-state index >= 15 is 0 Å². The van der Waals surface area contributed by atoms with Crippen LogP contribution in [0.25, 0.3) is 0 Å². The minimum absolute atomic E-state index is 0.0864. The highest BCUT2D eigenvalue weighted by molar-refractivity contribution is 6.43. The Hall–Kier alpha value is -1.26. The number of carbonyl (C=O) groups excluding carboxylic acids is 2. The molecule has 0 aromatic heterocycles. The number of benzene rings is 1. The monoisotopic (exact) mass is 368 g/mol. The van der Waals surface area contributed by atoms with E-state index in [-0.39, 0.29) is 23.8 Å². The number of likely N-dealkylation sites (tertiary alicyclic amines) is 1. The molecule has 1 aromatic rings. The Kier molecular flexibility index (Phi) is 5.67. The zero-order chi connectivity index (χ0) is 17.1. The van der Waals surface area contributed by atoms with Crippen molar-refractivity contribution in [2.45, 2.75) is 44.6 Å². The molecule has 2 amide bonds. The molecule has 6 heteroatoms. The Labute approximate surface area is 152 Å². The Bertz CT molecular complexity index is 631. The predicted octanol–water partition coefficient (Wildman–Crippen LogP) is 3.90. The summed E-state index contributed by atoms with van der Waals surface area (Å²) < 4.78 is 0. The van der Waals surface area contributed by atoms with Crippen LogP contribution in [-0.2, 0) is 4.79 Å². The van der Waals surface area contributed by atoms with Gasteiger partial charge in [0.05, 0.1) is 15.6 Å². The maximum absolute atomic E-state index is 12.8. The second-order valence-electron chi connectivity index (χ2n) is 6.66. The van der Waals surface area contributed by atoms with E-state index in [0.29, 0.717) is 28.7 Å². The van der Waals surface area contributed by atoms with Gasteiger partial charge in [-0.3, -0.25) is 9.59 Å². The molecule has 1 heterocycles. The smallest absolute Gasteiger partial charge is 0.255 e. The molecule has 0 radical (unpaired) electrons. The Morgan fingerprint density at radius 3 is 2.58 bits per heavy atom. The number of nitrogens with one attached hydrogen (secondary N) is 1. The summed E-state index contributed by atoms with van der Waals surface area (Å²) in [6.45, 7) is 1.34. The third-order valence-electron chi connectivity index (χ3n) is 4.74. The third-order valence-corrected chi connectivity index (χ3v) is 5.56. The van der Waals surface area contributed by atoms with Gasteiger partial charge in [-0.25, -0.2) is 0 Å². The maximum atomic E-state index is 12.8. The van der Waals surface area contributed by atoms with E-state index in [2.05, 4.69) is 5.32 Å². The quantitative estimate of drug-likeness (QED) is 0.879. The lowest BCUT2D eigenvalue weighted by Crippen LogP contribution is -2.42. The molecule has 2 fully saturated rings. The van der Waals surface area contributed by atoms with Gasteiger partial charge in [0.25, 0.3) is 5.91 Å². The van der Waals surface area contributed by atoms with Crippen LogP contribution in [0.2, 0.25) is 10.0 Å². The molecule has 2 aliphatic rings. The third kappa shape index (κ3) is 4.22. The van der Waals surface area contributed by atoms with E-state index in [1.807, 2.05) is 4.90 Å². The maximum Gasteiger partial charge on any atom is 0.255 e. The number of nitrogens with zero attached hydrogens (tertiary/aromatic N) is 1. The highest BCUT2D eigenvalue weighted by Gasteiger charge is 2.31. The summed E-state index contributed by atoms with van der Waals surface area (Å²) in [5.41, 5.74) is 0.448. The molecular formula is C18H22Cl2N2O2.